The average Bonchev–Trinajstić information content (AvgIpc) is 2.86. The Bertz CT molecular complexity index is 543. The Kier molecular flexibility index (Phi) is 17.8. The van der Waals surface area contributed by atoms with Gasteiger partial charge in [0.2, 0.25) is 0 Å². The molecule has 0 saturated heterocycles. The van der Waals surface area contributed by atoms with Crippen LogP contribution in [0.1, 0.15) is 34.6 Å². The molecule has 0 atom stereocenters. The molecule has 0 aromatic carbocycles. The molecule has 1 saturated carbocycles. The molecule has 1 heterocycles. The first-order chi connectivity index (χ1) is 14.3. The van der Waals surface area contributed by atoms with Gasteiger partial charge in [0, 0.05) is 36.6 Å². The molecule has 7 heteroatoms. The van der Waals surface area contributed by atoms with Crippen LogP contribution in [-0.4, -0.2) is 39.4 Å². The molecule has 0 N–H and O–H groups in total. The summed E-state index contributed by atoms with van der Waals surface area (Å²) in [7, 11) is 0.858. The minimum Gasteiger partial charge on any atom is -0.265 e. The summed E-state index contributed by atoms with van der Waals surface area (Å²) in [5, 5.41) is 0. The maximum Gasteiger partial charge on any atom is 2.00 e. The summed E-state index contributed by atoms with van der Waals surface area (Å²) in [5.74, 6) is 7.34. The van der Waals surface area contributed by atoms with E-state index in [-0.39, 0.29) is 19.5 Å². The summed E-state index contributed by atoms with van der Waals surface area (Å²) in [5.41, 5.74) is 0. The molecule has 2 rings (SSSR count). The average molecular weight is 603 g/mol. The predicted molar refractivity (Wildman–Crippen MR) is 151 cm³/mol. The first-order valence-electron chi connectivity index (χ1n) is 11.3. The number of nitrogens with zero attached hydrogens (tertiary/aromatic N) is 1. The smallest absolute Gasteiger partial charge is 0.265 e. The summed E-state index contributed by atoms with van der Waals surface area (Å²) in [6, 6.07) is 5.72. The van der Waals surface area contributed by atoms with E-state index in [0.29, 0.717) is 3.91 Å². The van der Waals surface area contributed by atoms with Gasteiger partial charge in [-0.1, -0.05) is 99.6 Å². The normalized spacial score (nSPS) is 16.9. The Labute approximate surface area is 226 Å². The van der Waals surface area contributed by atoms with E-state index >= 15 is 0 Å². The summed E-state index contributed by atoms with van der Waals surface area (Å²) in [6.45, 7) is 38.2. The number of aromatic nitrogens is 1. The molecule has 1 aromatic heterocycles. The Morgan fingerprint density at radius 2 is 0.818 bits per heavy atom. The summed E-state index contributed by atoms with van der Waals surface area (Å²) in [4.78, 5) is 3.78. The van der Waals surface area contributed by atoms with Gasteiger partial charge in [-0.2, -0.15) is 0 Å². The second-order valence-corrected chi connectivity index (χ2v) is 31.1. The molecule has 1 aromatic rings. The van der Waals surface area contributed by atoms with Gasteiger partial charge in [0.15, 0.2) is 0 Å². The van der Waals surface area contributed by atoms with Crippen molar-refractivity contribution in [1.29, 1.82) is 0 Å². The molecule has 0 amide bonds. The standard InChI is InChI=1S/C10H27Si4.C10H15.C5H5N.CO.Ru/c1-12(2,3)10(11,13(4,5)6)14(7,8)9;1-6-7(2)9(4)10(5)8(6)3;1-2-4-6-5-3-1;1-2;/h1-9H3;1-5H3;1-5H;;/q-1;;;;+2. The van der Waals surface area contributed by atoms with E-state index in [1.165, 1.54) is 29.6 Å². The van der Waals surface area contributed by atoms with Gasteiger partial charge < -0.3 is 10.2 Å². The van der Waals surface area contributed by atoms with Crippen molar-refractivity contribution in [3.05, 3.63) is 66.8 Å². The van der Waals surface area contributed by atoms with E-state index in [1.807, 2.05) is 18.2 Å². The predicted octanol–water partition coefficient (Wildman–Crippen LogP) is 7.96. The van der Waals surface area contributed by atoms with Crippen LogP contribution in [0.3, 0.4) is 0 Å². The van der Waals surface area contributed by atoms with Gasteiger partial charge in [0.1, 0.15) is 0 Å². The van der Waals surface area contributed by atoms with Crippen LogP contribution < -0.4 is 0 Å². The third-order valence-corrected chi connectivity index (χ3v) is 33.8. The first-order valence-corrected chi connectivity index (χ1v) is 22.3. The minimum absolute atomic E-state index is 0. The minimum atomic E-state index is -1.14. The van der Waals surface area contributed by atoms with Crippen molar-refractivity contribution in [3.8, 4) is 0 Å². The molecule has 0 bridgehead atoms. The van der Waals surface area contributed by atoms with E-state index in [4.69, 9.17) is 4.65 Å². The van der Waals surface area contributed by atoms with Gasteiger partial charge in [0.05, 0.1) is 0 Å². The molecule has 7 radical (unpaired) electrons. The largest absolute Gasteiger partial charge is 2.00 e. The Morgan fingerprint density at radius 3 is 0.879 bits per heavy atom. The molecule has 0 aliphatic heterocycles. The first kappa shape index (κ1) is 37.9. The van der Waals surface area contributed by atoms with E-state index in [9.17, 15) is 0 Å². The van der Waals surface area contributed by atoms with E-state index in [1.54, 1.807) is 12.4 Å². The SMILES string of the molecule is C[C]1[C](C)[C](C)[C](C)[C]1C.C[Si](C)(C)C([Si-])([Si](C)(C)C)[Si](C)(C)C.[C-]#[O+].[Ru+2].c1ccncc1. The zero-order valence-electron chi connectivity index (χ0n) is 23.6. The second-order valence-electron chi connectivity index (χ2n) is 11.6. The van der Waals surface area contributed by atoms with Crippen LogP contribution in [0.5, 0.6) is 0 Å². The van der Waals surface area contributed by atoms with Crippen molar-refractivity contribution < 1.29 is 24.1 Å². The van der Waals surface area contributed by atoms with Crippen LogP contribution in [-0.2, 0) is 24.1 Å². The third kappa shape index (κ3) is 10.5. The molecule has 1 aliphatic carbocycles. The van der Waals surface area contributed by atoms with Crippen molar-refractivity contribution in [2.75, 3.05) is 0 Å². The topological polar surface area (TPSA) is 32.8 Å². The van der Waals surface area contributed by atoms with E-state index < -0.39 is 24.2 Å². The van der Waals surface area contributed by atoms with Crippen LogP contribution in [0, 0.1) is 36.2 Å². The van der Waals surface area contributed by atoms with E-state index in [2.05, 4.69) is 115 Å². The van der Waals surface area contributed by atoms with Gasteiger partial charge in [-0.3, -0.25) is 4.98 Å². The monoisotopic (exact) mass is 603 g/mol. The fraction of sp³-hybridized carbons (Fsp3) is 0.577. The molecule has 33 heavy (non-hydrogen) atoms. The Hall–Kier alpha value is 0.381. The maximum atomic E-state index is 7.50. The number of rotatable bonds is 3. The molecule has 1 aliphatic rings. The zero-order chi connectivity index (χ0) is 26.1. The summed E-state index contributed by atoms with van der Waals surface area (Å²) >= 11 is 0. The number of pyridine rings is 1. The van der Waals surface area contributed by atoms with Crippen molar-refractivity contribution >= 4 is 34.5 Å². The third-order valence-electron chi connectivity index (χ3n) is 6.75. The van der Waals surface area contributed by atoms with Gasteiger partial charge in [-0.15, -0.1) is 0 Å². The van der Waals surface area contributed by atoms with Crippen LogP contribution in [0.4, 0.5) is 0 Å². The molecule has 0 spiro atoms. The van der Waals surface area contributed by atoms with Crippen molar-refractivity contribution in [1.82, 2.24) is 4.98 Å². The Balaban J connectivity index is -0.000000412. The van der Waals surface area contributed by atoms with Gasteiger partial charge in [-0.05, 0) is 41.7 Å². The molecule has 185 valence electrons. The van der Waals surface area contributed by atoms with Crippen molar-refractivity contribution in [3.63, 3.8) is 0 Å². The molecule has 1 fully saturated rings. The Morgan fingerprint density at radius 1 is 0.606 bits per heavy atom. The number of hydrogen-bond donors (Lipinski definition) is 0. The summed E-state index contributed by atoms with van der Waals surface area (Å²) in [6.07, 6.45) is 3.50. The van der Waals surface area contributed by atoms with Crippen LogP contribution >= 0.6 is 0 Å². The molecule has 0 unspecified atom stereocenters. The van der Waals surface area contributed by atoms with Gasteiger partial charge >= 0.3 is 30.8 Å². The quantitative estimate of drug-likeness (QED) is 0.196. The van der Waals surface area contributed by atoms with Crippen molar-refractivity contribution in [2.24, 2.45) is 0 Å². The van der Waals surface area contributed by atoms with Gasteiger partial charge in [-0.25, -0.2) is 3.91 Å². The fourth-order valence-electron chi connectivity index (χ4n) is 5.09. The summed E-state index contributed by atoms with van der Waals surface area (Å²) < 4.78 is 8.03. The molecule has 2 nitrogen and oxygen atoms in total. The van der Waals surface area contributed by atoms with Crippen LogP contribution in [0.2, 0.25) is 62.8 Å². The fourth-order valence-corrected chi connectivity index (χ4v) is 32.1. The second kappa shape index (κ2) is 15.5. The molecular weight excluding hydrogens is 556 g/mol. The maximum absolute atomic E-state index is 7.50. The molecular formula is C26H47NORuSi4+. The zero-order valence-corrected chi connectivity index (χ0v) is 29.3. The van der Waals surface area contributed by atoms with E-state index in [0.717, 1.165) is 0 Å². The number of hydrogen-bond acceptors (Lipinski definition) is 1. The van der Waals surface area contributed by atoms with Crippen molar-refractivity contribution in [2.45, 2.75) is 97.4 Å². The van der Waals surface area contributed by atoms with Crippen LogP contribution in [0.15, 0.2) is 30.6 Å². The van der Waals surface area contributed by atoms with Crippen LogP contribution in [0.25, 0.3) is 0 Å². The van der Waals surface area contributed by atoms with Gasteiger partial charge in [0.25, 0.3) is 0 Å².